The topological polar surface area (TPSA) is 174 Å². The van der Waals surface area contributed by atoms with Gasteiger partial charge in [0.1, 0.15) is 22.9 Å². The molecule has 174 valence electrons. The molecule has 0 bridgehead atoms. The van der Waals surface area contributed by atoms with E-state index in [4.69, 9.17) is 11.5 Å². The Morgan fingerprint density at radius 1 is 0.941 bits per heavy atom. The lowest BCUT2D eigenvalue weighted by Crippen LogP contribution is -2.37. The fourth-order valence-electron chi connectivity index (χ4n) is 3.42. The third-order valence-corrected chi connectivity index (χ3v) is 8.54. The van der Waals surface area contributed by atoms with Crippen LogP contribution in [-0.4, -0.2) is 29.9 Å². The molecular weight excluding hydrogens is 478 g/mol. The van der Waals surface area contributed by atoms with Crippen LogP contribution >= 0.6 is 0 Å². The predicted molar refractivity (Wildman–Crippen MR) is 129 cm³/mol. The molecule has 0 saturated carbocycles. The first-order valence-corrected chi connectivity index (χ1v) is 12.3. The van der Waals surface area contributed by atoms with Crippen LogP contribution in [-0.2, 0) is 21.4 Å². The first-order chi connectivity index (χ1) is 16.2. The number of nitrogens with one attached hydrogen (secondary N) is 2. The summed E-state index contributed by atoms with van der Waals surface area (Å²) in [6, 6.07) is 19.0. The molecule has 0 fully saturated rings. The summed E-state index contributed by atoms with van der Waals surface area (Å²) in [6.07, 6.45) is 0. The summed E-state index contributed by atoms with van der Waals surface area (Å²) in [5, 5.41) is 2.61. The Bertz CT molecular complexity index is 1470. The van der Waals surface area contributed by atoms with Crippen molar-refractivity contribution in [2.24, 2.45) is 11.5 Å². The van der Waals surface area contributed by atoms with Gasteiger partial charge in [-0.05, 0) is 42.5 Å². The van der Waals surface area contributed by atoms with Crippen LogP contribution in [0.5, 0.6) is 0 Å². The predicted octanol–water partition coefficient (Wildman–Crippen LogP) is 2.68. The number of fused-ring (bicyclic) bond motifs is 1. The summed E-state index contributed by atoms with van der Waals surface area (Å²) in [6.45, 7) is 0. The highest BCUT2D eigenvalue weighted by molar-refractivity contribution is 8.10. The third-order valence-electron chi connectivity index (χ3n) is 4.84. The molecule has 0 aliphatic carbocycles. The molecule has 0 aliphatic heterocycles. The molecule has 1 heterocycles. The van der Waals surface area contributed by atoms with E-state index in [1.54, 1.807) is 48.5 Å². The van der Waals surface area contributed by atoms with Crippen LogP contribution in [0.2, 0.25) is 0 Å². The summed E-state index contributed by atoms with van der Waals surface area (Å²) in [4.78, 5) is 26.4. The number of aromatic amines is 1. The van der Waals surface area contributed by atoms with Gasteiger partial charge in [0.25, 0.3) is 5.91 Å². The fraction of sp³-hybridized carbons (Fsp3) is 0. The van der Waals surface area contributed by atoms with E-state index < -0.39 is 33.3 Å². The van der Waals surface area contributed by atoms with Crippen molar-refractivity contribution < 1.29 is 22.6 Å². The van der Waals surface area contributed by atoms with Gasteiger partial charge in [-0.25, -0.2) is 4.79 Å². The lowest BCUT2D eigenvalue weighted by molar-refractivity contribution is 0.100. The van der Waals surface area contributed by atoms with Gasteiger partial charge in [0.05, 0.1) is 16.0 Å². The number of benzene rings is 3. The average Bonchev–Trinajstić information content (AvgIpc) is 3.16. The molecule has 0 spiro atoms. The van der Waals surface area contributed by atoms with E-state index in [-0.39, 0.29) is 32.4 Å². The number of sulfonamides is 1. The standard InChI is InChI=1S/C22H19N5O5S2/c23-20(28)19-17-12-11-14(13-18(17)25-21(19)26-22(24)29)27(33(30)15-7-3-1-4-8-15)34(31,32)16-9-5-2-6-10-16/h1-13,25H,(H2,23,28)(H3,24,26,29)/t33-/m0/s1. The van der Waals surface area contributed by atoms with Gasteiger partial charge >= 0.3 is 16.1 Å². The lowest BCUT2D eigenvalue weighted by Gasteiger charge is -2.25. The fourth-order valence-corrected chi connectivity index (χ4v) is 6.62. The number of primary amides is 2. The van der Waals surface area contributed by atoms with E-state index in [9.17, 15) is 22.6 Å². The summed E-state index contributed by atoms with van der Waals surface area (Å²) in [7, 11) is -4.27. The monoisotopic (exact) mass is 497 g/mol. The number of nitrogens with zero attached hydrogens (tertiary/aromatic N) is 1. The van der Waals surface area contributed by atoms with Crippen molar-refractivity contribution in [2.45, 2.75) is 9.79 Å². The number of aromatic nitrogens is 1. The highest BCUT2D eigenvalue weighted by atomic mass is 32.3. The van der Waals surface area contributed by atoms with E-state index in [1.807, 2.05) is 0 Å². The number of nitrogens with two attached hydrogens (primary N) is 2. The van der Waals surface area contributed by atoms with Crippen LogP contribution in [0.1, 0.15) is 10.4 Å². The van der Waals surface area contributed by atoms with Crippen LogP contribution in [0.25, 0.3) is 10.9 Å². The quantitative estimate of drug-likeness (QED) is 0.287. The number of carbonyl (C=O) groups excluding carboxylic acids is 2. The maximum absolute atomic E-state index is 13.6. The molecule has 10 nitrogen and oxygen atoms in total. The first kappa shape index (κ1) is 23.2. The molecule has 0 aliphatic rings. The number of anilines is 2. The number of rotatable bonds is 7. The highest BCUT2D eigenvalue weighted by Gasteiger charge is 2.37. The second-order valence-corrected chi connectivity index (χ2v) is 10.4. The normalized spacial score (nSPS) is 12.3. The Balaban J connectivity index is 1.92. The van der Waals surface area contributed by atoms with Crippen molar-refractivity contribution in [3.05, 3.63) is 84.4 Å². The second kappa shape index (κ2) is 9.09. The SMILES string of the molecule is NC(=O)Nc1[nH]c2cc(N([S@@+]([O-])c3ccccc3)S(=O)(=O)c3ccccc3)ccc2c1C(N)=O. The minimum Gasteiger partial charge on any atom is -0.587 e. The van der Waals surface area contributed by atoms with Crippen LogP contribution < -0.4 is 20.5 Å². The van der Waals surface area contributed by atoms with Crippen LogP contribution in [0, 0.1) is 0 Å². The largest absolute Gasteiger partial charge is 0.587 e. The maximum atomic E-state index is 13.6. The molecule has 3 amide bonds. The van der Waals surface area contributed by atoms with Gasteiger partial charge in [-0.1, -0.05) is 40.1 Å². The Morgan fingerprint density at radius 3 is 2.15 bits per heavy atom. The molecule has 1 aromatic heterocycles. The Hall–Kier alpha value is -4.00. The summed E-state index contributed by atoms with van der Waals surface area (Å²) < 4.78 is 41.5. The lowest BCUT2D eigenvalue weighted by atomic mass is 10.1. The molecule has 0 saturated heterocycles. The van der Waals surface area contributed by atoms with Gasteiger partial charge in [-0.15, -0.1) is 0 Å². The zero-order valence-electron chi connectivity index (χ0n) is 17.5. The molecule has 34 heavy (non-hydrogen) atoms. The molecule has 3 aromatic carbocycles. The molecule has 0 unspecified atom stereocenters. The number of hydrogen-bond acceptors (Lipinski definition) is 5. The minimum atomic E-state index is -4.27. The van der Waals surface area contributed by atoms with Crippen molar-refractivity contribution in [2.75, 3.05) is 9.03 Å². The zero-order chi connectivity index (χ0) is 24.5. The van der Waals surface area contributed by atoms with Gasteiger partial charge in [0.2, 0.25) is 0 Å². The van der Waals surface area contributed by atoms with E-state index >= 15 is 0 Å². The van der Waals surface area contributed by atoms with Gasteiger partial charge in [0, 0.05) is 5.39 Å². The number of hydrogen-bond donors (Lipinski definition) is 4. The van der Waals surface area contributed by atoms with Crippen molar-refractivity contribution in [3.63, 3.8) is 0 Å². The van der Waals surface area contributed by atoms with Gasteiger partial charge in [0.15, 0.2) is 4.90 Å². The number of amides is 3. The smallest absolute Gasteiger partial charge is 0.317 e. The zero-order valence-corrected chi connectivity index (χ0v) is 19.1. The highest BCUT2D eigenvalue weighted by Crippen LogP contribution is 2.35. The molecule has 12 heteroatoms. The number of urea groups is 1. The Labute approximate surface area is 197 Å². The molecular formula is C22H19N5O5S2. The van der Waals surface area contributed by atoms with E-state index in [0.717, 1.165) is 3.71 Å². The Kier molecular flexibility index (Phi) is 6.20. The molecule has 6 N–H and O–H groups in total. The minimum absolute atomic E-state index is 0.0259. The van der Waals surface area contributed by atoms with Crippen molar-refractivity contribution in [3.8, 4) is 0 Å². The summed E-state index contributed by atoms with van der Waals surface area (Å²) >= 11 is -2.15. The van der Waals surface area contributed by atoms with Crippen LogP contribution in [0.4, 0.5) is 16.3 Å². The van der Waals surface area contributed by atoms with E-state index in [0.29, 0.717) is 5.39 Å². The van der Waals surface area contributed by atoms with Crippen LogP contribution in [0.15, 0.2) is 88.7 Å². The van der Waals surface area contributed by atoms with Gasteiger partial charge in [-0.3, -0.25) is 10.1 Å². The second-order valence-electron chi connectivity index (χ2n) is 7.07. The first-order valence-electron chi connectivity index (χ1n) is 9.79. The molecule has 1 atom stereocenters. The van der Waals surface area contributed by atoms with Crippen LogP contribution in [0.3, 0.4) is 0 Å². The molecule has 0 radical (unpaired) electrons. The third kappa shape index (κ3) is 4.29. The van der Waals surface area contributed by atoms with Crippen molar-refractivity contribution >= 4 is 55.7 Å². The molecule has 4 rings (SSSR count). The number of H-pyrrole nitrogens is 1. The van der Waals surface area contributed by atoms with Gasteiger partial charge < -0.3 is 21.0 Å². The van der Waals surface area contributed by atoms with Gasteiger partial charge in [-0.2, -0.15) is 8.42 Å². The van der Waals surface area contributed by atoms with Crippen molar-refractivity contribution in [1.82, 2.24) is 4.98 Å². The Morgan fingerprint density at radius 2 is 1.56 bits per heavy atom. The average molecular weight is 498 g/mol. The van der Waals surface area contributed by atoms with E-state index in [1.165, 1.54) is 30.3 Å². The van der Waals surface area contributed by atoms with E-state index in [2.05, 4.69) is 10.3 Å². The number of carbonyl (C=O) groups is 2. The summed E-state index contributed by atoms with van der Waals surface area (Å²) in [5.41, 5.74) is 10.9. The van der Waals surface area contributed by atoms with Crippen molar-refractivity contribution in [1.29, 1.82) is 0 Å². The summed E-state index contributed by atoms with van der Waals surface area (Å²) in [5.74, 6) is -0.863. The maximum Gasteiger partial charge on any atom is 0.317 e. The molecule has 4 aromatic rings.